The van der Waals surface area contributed by atoms with Crippen molar-refractivity contribution in [1.82, 2.24) is 0 Å². The number of thiol groups is 2. The predicted octanol–water partition coefficient (Wildman–Crippen LogP) is 2.68. The highest BCUT2D eigenvalue weighted by Gasteiger charge is 2.10. The Morgan fingerprint density at radius 1 is 0.905 bits per heavy atom. The first-order valence-corrected chi connectivity index (χ1v) is 7.50. The lowest BCUT2D eigenvalue weighted by molar-refractivity contribution is 0.881. The molecule has 1 aromatic carbocycles. The molecule has 0 aromatic heterocycles. The van der Waals surface area contributed by atoms with Crippen LogP contribution >= 0.6 is 25.3 Å². The van der Waals surface area contributed by atoms with Crippen LogP contribution < -0.4 is 4.90 Å². The van der Waals surface area contributed by atoms with Gasteiger partial charge in [-0.2, -0.15) is 41.0 Å². The molecular formula is C15H14N4S2. The second-order valence-electron chi connectivity index (χ2n) is 4.07. The Hall–Kier alpha value is -2.07. The standard InChI is InChI=1S/C15H14N4S2/c16-9-13(10-17)15(11-18)12-1-3-14(4-2-12)19(5-7-20)6-8-21/h1-4,20-21H,5-8H2. The van der Waals surface area contributed by atoms with E-state index in [9.17, 15) is 0 Å². The van der Waals surface area contributed by atoms with Crippen LogP contribution in [0.15, 0.2) is 29.8 Å². The number of benzene rings is 1. The minimum atomic E-state index is -0.173. The minimum Gasteiger partial charge on any atom is -0.370 e. The number of nitrogens with zero attached hydrogens (tertiary/aromatic N) is 4. The zero-order valence-corrected chi connectivity index (χ0v) is 13.1. The van der Waals surface area contributed by atoms with E-state index >= 15 is 0 Å². The van der Waals surface area contributed by atoms with E-state index < -0.39 is 0 Å². The van der Waals surface area contributed by atoms with E-state index in [0.717, 1.165) is 30.3 Å². The molecule has 0 aliphatic rings. The molecule has 21 heavy (non-hydrogen) atoms. The Labute approximate surface area is 135 Å². The summed E-state index contributed by atoms with van der Waals surface area (Å²) in [5, 5.41) is 26.8. The molecule has 106 valence electrons. The quantitative estimate of drug-likeness (QED) is 0.625. The van der Waals surface area contributed by atoms with Crippen molar-refractivity contribution >= 4 is 36.5 Å². The Morgan fingerprint density at radius 3 is 1.81 bits per heavy atom. The first-order valence-electron chi connectivity index (χ1n) is 6.23. The van der Waals surface area contributed by atoms with Crippen LogP contribution in [0.25, 0.3) is 5.57 Å². The smallest absolute Gasteiger partial charge is 0.148 e. The van der Waals surface area contributed by atoms with Gasteiger partial charge in [0.1, 0.15) is 23.8 Å². The summed E-state index contributed by atoms with van der Waals surface area (Å²) in [6.45, 7) is 1.59. The van der Waals surface area contributed by atoms with Crippen LogP contribution in [-0.2, 0) is 0 Å². The van der Waals surface area contributed by atoms with Crippen molar-refractivity contribution in [3.8, 4) is 18.2 Å². The number of hydrogen-bond donors (Lipinski definition) is 2. The molecule has 0 amide bonds. The van der Waals surface area contributed by atoms with Gasteiger partial charge in [-0.25, -0.2) is 0 Å². The van der Waals surface area contributed by atoms with E-state index in [1.165, 1.54) is 0 Å². The zero-order chi connectivity index (χ0) is 15.7. The fourth-order valence-electron chi connectivity index (χ4n) is 1.85. The minimum absolute atomic E-state index is 0.0986. The number of allylic oxidation sites excluding steroid dienone is 2. The molecule has 0 saturated heterocycles. The molecule has 4 nitrogen and oxygen atoms in total. The van der Waals surface area contributed by atoms with Crippen LogP contribution in [0.3, 0.4) is 0 Å². The topological polar surface area (TPSA) is 74.6 Å². The van der Waals surface area contributed by atoms with Gasteiger partial charge in [-0.15, -0.1) is 0 Å². The molecule has 0 bridgehead atoms. The fraction of sp³-hybridized carbons (Fsp3) is 0.267. The lowest BCUT2D eigenvalue weighted by Crippen LogP contribution is -2.27. The molecule has 0 heterocycles. The molecule has 0 aliphatic heterocycles. The Balaban J connectivity index is 3.13. The second-order valence-corrected chi connectivity index (χ2v) is 4.96. The summed E-state index contributed by atoms with van der Waals surface area (Å²) in [4.78, 5) is 2.13. The summed E-state index contributed by atoms with van der Waals surface area (Å²) in [6.07, 6.45) is 0. The molecule has 0 fully saturated rings. The molecule has 0 saturated carbocycles. The van der Waals surface area contributed by atoms with E-state index in [1.807, 2.05) is 18.2 Å². The fourth-order valence-corrected chi connectivity index (χ4v) is 2.33. The SMILES string of the molecule is N#CC(C#N)=C(C#N)c1ccc(N(CCS)CCS)cc1. The number of anilines is 1. The van der Waals surface area contributed by atoms with Crippen molar-refractivity contribution in [3.63, 3.8) is 0 Å². The molecule has 0 N–H and O–H groups in total. The van der Waals surface area contributed by atoms with Crippen LogP contribution in [0, 0.1) is 34.0 Å². The molecule has 0 unspecified atom stereocenters. The summed E-state index contributed by atoms with van der Waals surface area (Å²) in [7, 11) is 0. The van der Waals surface area contributed by atoms with Gasteiger partial charge in [-0.1, -0.05) is 12.1 Å². The lowest BCUT2D eigenvalue weighted by Gasteiger charge is -2.23. The van der Waals surface area contributed by atoms with Crippen LogP contribution in [0.2, 0.25) is 0 Å². The van der Waals surface area contributed by atoms with E-state index in [4.69, 9.17) is 15.8 Å². The van der Waals surface area contributed by atoms with Gasteiger partial charge >= 0.3 is 0 Å². The number of hydrogen-bond acceptors (Lipinski definition) is 6. The zero-order valence-electron chi connectivity index (χ0n) is 11.3. The average molecular weight is 314 g/mol. The number of nitriles is 3. The van der Waals surface area contributed by atoms with Gasteiger partial charge in [-0.05, 0) is 17.7 Å². The maximum atomic E-state index is 9.12. The van der Waals surface area contributed by atoms with Gasteiger partial charge < -0.3 is 4.90 Å². The van der Waals surface area contributed by atoms with Crippen molar-refractivity contribution < 1.29 is 0 Å². The third-order valence-electron chi connectivity index (χ3n) is 2.85. The molecule has 0 aliphatic carbocycles. The van der Waals surface area contributed by atoms with Crippen molar-refractivity contribution in [2.24, 2.45) is 0 Å². The molecule has 1 rings (SSSR count). The second kappa shape index (κ2) is 8.97. The summed E-state index contributed by atoms with van der Waals surface area (Å²) in [5.74, 6) is 1.46. The lowest BCUT2D eigenvalue weighted by atomic mass is 10.0. The molecular weight excluding hydrogens is 300 g/mol. The normalized spacial score (nSPS) is 9.10. The van der Waals surface area contributed by atoms with Crippen LogP contribution in [0.4, 0.5) is 5.69 Å². The van der Waals surface area contributed by atoms with E-state index in [2.05, 4.69) is 30.2 Å². The molecule has 0 radical (unpaired) electrons. The van der Waals surface area contributed by atoms with Crippen molar-refractivity contribution in [2.45, 2.75) is 0 Å². The summed E-state index contributed by atoms with van der Waals surface area (Å²) in [5.41, 5.74) is 1.49. The first kappa shape index (κ1) is 17.0. The van der Waals surface area contributed by atoms with Crippen molar-refractivity contribution in [3.05, 3.63) is 35.4 Å². The predicted molar refractivity (Wildman–Crippen MR) is 90.1 cm³/mol. The van der Waals surface area contributed by atoms with E-state index in [-0.39, 0.29) is 11.1 Å². The van der Waals surface area contributed by atoms with Crippen molar-refractivity contribution in [1.29, 1.82) is 15.8 Å². The molecule has 1 aromatic rings. The highest BCUT2D eigenvalue weighted by molar-refractivity contribution is 7.80. The van der Waals surface area contributed by atoms with Gasteiger partial charge in [0.05, 0.1) is 5.57 Å². The van der Waals surface area contributed by atoms with E-state index in [0.29, 0.717) is 5.56 Å². The maximum absolute atomic E-state index is 9.12. The highest BCUT2D eigenvalue weighted by atomic mass is 32.1. The van der Waals surface area contributed by atoms with Gasteiger partial charge in [0.15, 0.2) is 0 Å². The summed E-state index contributed by atoms with van der Waals surface area (Å²) < 4.78 is 0. The highest BCUT2D eigenvalue weighted by Crippen LogP contribution is 2.22. The van der Waals surface area contributed by atoms with Gasteiger partial charge in [-0.3, -0.25) is 0 Å². The van der Waals surface area contributed by atoms with Crippen LogP contribution in [0.1, 0.15) is 5.56 Å². The third-order valence-corrected chi connectivity index (χ3v) is 3.25. The Morgan fingerprint density at radius 2 is 1.43 bits per heavy atom. The average Bonchev–Trinajstić information content (AvgIpc) is 2.52. The molecule has 0 spiro atoms. The monoisotopic (exact) mass is 314 g/mol. The van der Waals surface area contributed by atoms with Crippen LogP contribution in [-0.4, -0.2) is 24.6 Å². The summed E-state index contributed by atoms with van der Waals surface area (Å²) >= 11 is 8.47. The van der Waals surface area contributed by atoms with Gasteiger partial charge in [0, 0.05) is 30.3 Å². The van der Waals surface area contributed by atoms with Gasteiger partial charge in [0.2, 0.25) is 0 Å². The largest absolute Gasteiger partial charge is 0.370 e. The molecule has 0 atom stereocenters. The maximum Gasteiger partial charge on any atom is 0.148 e. The Bertz CT molecular complexity index is 608. The summed E-state index contributed by atoms with van der Waals surface area (Å²) in [6, 6.07) is 12.6. The first-order chi connectivity index (χ1) is 10.2. The number of rotatable bonds is 6. The van der Waals surface area contributed by atoms with Gasteiger partial charge in [0.25, 0.3) is 0 Å². The van der Waals surface area contributed by atoms with Crippen LogP contribution in [0.5, 0.6) is 0 Å². The van der Waals surface area contributed by atoms with E-state index in [1.54, 1.807) is 24.3 Å². The third kappa shape index (κ3) is 4.46. The Kier molecular flexibility index (Phi) is 7.26. The van der Waals surface area contributed by atoms with Crippen molar-refractivity contribution in [2.75, 3.05) is 29.5 Å². The molecule has 6 heteroatoms.